The minimum Gasteiger partial charge on any atom is -0.324 e. The average Bonchev–Trinajstić information content (AvgIpc) is 2.75. The fourth-order valence-corrected chi connectivity index (χ4v) is 4.17. The van der Waals surface area contributed by atoms with E-state index in [0.717, 1.165) is 18.4 Å². The molecule has 2 aliphatic heterocycles. The van der Waals surface area contributed by atoms with Gasteiger partial charge in [0.15, 0.2) is 0 Å². The summed E-state index contributed by atoms with van der Waals surface area (Å²) in [6.45, 7) is 5.14. The van der Waals surface area contributed by atoms with Gasteiger partial charge in [-0.1, -0.05) is 12.2 Å². The lowest BCUT2D eigenvalue weighted by Gasteiger charge is -2.46. The first-order valence-corrected chi connectivity index (χ1v) is 7.59. The molecule has 2 N–H and O–H groups in total. The Morgan fingerprint density at radius 1 is 1.22 bits per heavy atom. The van der Waals surface area contributed by atoms with Crippen LogP contribution in [0, 0.1) is 11.8 Å². The maximum Gasteiger partial charge on any atom is 0.0229 e. The number of likely N-dealkylation sites (tertiary alicyclic amines) is 2. The predicted octanol–water partition coefficient (Wildman–Crippen LogP) is 1.31. The van der Waals surface area contributed by atoms with Crippen LogP contribution >= 0.6 is 0 Å². The van der Waals surface area contributed by atoms with Gasteiger partial charge in [0.25, 0.3) is 0 Å². The number of nitrogens with two attached hydrogens (primary N) is 1. The average molecular weight is 249 g/mol. The fraction of sp³-hybridized carbons (Fsp3) is 0.867. The topological polar surface area (TPSA) is 32.5 Å². The van der Waals surface area contributed by atoms with Crippen molar-refractivity contribution in [3.8, 4) is 0 Å². The highest BCUT2D eigenvalue weighted by Gasteiger charge is 2.34. The van der Waals surface area contributed by atoms with Gasteiger partial charge in [-0.2, -0.15) is 0 Å². The van der Waals surface area contributed by atoms with E-state index >= 15 is 0 Å². The van der Waals surface area contributed by atoms with Crippen LogP contribution in [0.5, 0.6) is 0 Å². The van der Waals surface area contributed by atoms with E-state index in [2.05, 4.69) is 29.0 Å². The Kier molecular flexibility index (Phi) is 3.73. The molecule has 0 bridgehead atoms. The summed E-state index contributed by atoms with van der Waals surface area (Å²) in [5.74, 6) is 1.62. The Balaban J connectivity index is 1.52. The third kappa shape index (κ3) is 2.63. The van der Waals surface area contributed by atoms with Crippen molar-refractivity contribution >= 4 is 0 Å². The minimum absolute atomic E-state index is 0.313. The molecule has 18 heavy (non-hydrogen) atoms. The second kappa shape index (κ2) is 5.32. The molecule has 0 amide bonds. The molecular weight excluding hydrogens is 222 g/mol. The molecule has 2 saturated heterocycles. The lowest BCUT2D eigenvalue weighted by molar-refractivity contribution is 0.0347. The maximum atomic E-state index is 5.94. The predicted molar refractivity (Wildman–Crippen MR) is 75.4 cm³/mol. The van der Waals surface area contributed by atoms with E-state index in [1.807, 2.05) is 0 Å². The van der Waals surface area contributed by atoms with Gasteiger partial charge in [0.1, 0.15) is 0 Å². The summed E-state index contributed by atoms with van der Waals surface area (Å²) in [6, 6.07) is 1.17. The molecule has 3 aliphatic rings. The van der Waals surface area contributed by atoms with Crippen LogP contribution in [0.25, 0.3) is 0 Å². The highest BCUT2D eigenvalue weighted by Crippen LogP contribution is 2.30. The van der Waals surface area contributed by atoms with E-state index in [0.29, 0.717) is 12.0 Å². The highest BCUT2D eigenvalue weighted by molar-refractivity contribution is 5.05. The minimum atomic E-state index is 0.313. The molecule has 0 saturated carbocycles. The molecule has 3 nitrogen and oxygen atoms in total. The SMILES string of the molecule is CN1CCCC2CN(CC3C=CC(N)C3)CCC21. The monoisotopic (exact) mass is 249 g/mol. The number of rotatable bonds is 2. The fourth-order valence-electron chi connectivity index (χ4n) is 4.17. The number of piperidine rings is 2. The number of nitrogens with zero attached hydrogens (tertiary/aromatic N) is 2. The Bertz CT molecular complexity index is 315. The van der Waals surface area contributed by atoms with E-state index in [-0.39, 0.29) is 0 Å². The van der Waals surface area contributed by atoms with Crippen molar-refractivity contribution in [1.29, 1.82) is 0 Å². The molecule has 0 spiro atoms. The van der Waals surface area contributed by atoms with Gasteiger partial charge in [-0.3, -0.25) is 0 Å². The van der Waals surface area contributed by atoms with Crippen molar-refractivity contribution in [2.45, 2.75) is 37.8 Å². The van der Waals surface area contributed by atoms with Gasteiger partial charge in [-0.25, -0.2) is 0 Å². The molecule has 0 aromatic carbocycles. The molecular formula is C15H27N3. The normalized spacial score (nSPS) is 42.1. The summed E-state index contributed by atoms with van der Waals surface area (Å²) in [5.41, 5.74) is 5.94. The number of fused-ring (bicyclic) bond motifs is 1. The van der Waals surface area contributed by atoms with Gasteiger partial charge in [0.05, 0.1) is 0 Å². The number of hydrogen-bond donors (Lipinski definition) is 1. The van der Waals surface area contributed by atoms with Gasteiger partial charge in [-0.05, 0) is 57.7 Å². The zero-order valence-corrected chi connectivity index (χ0v) is 11.6. The van der Waals surface area contributed by atoms with Gasteiger partial charge in [0, 0.05) is 25.2 Å². The highest BCUT2D eigenvalue weighted by atomic mass is 15.2. The van der Waals surface area contributed by atoms with Gasteiger partial charge < -0.3 is 15.5 Å². The second-order valence-electron chi connectivity index (χ2n) is 6.54. The van der Waals surface area contributed by atoms with Crippen molar-refractivity contribution in [3.05, 3.63) is 12.2 Å². The molecule has 102 valence electrons. The molecule has 3 rings (SSSR count). The molecule has 0 radical (unpaired) electrons. The van der Waals surface area contributed by atoms with Crippen molar-refractivity contribution in [2.24, 2.45) is 17.6 Å². The molecule has 1 aliphatic carbocycles. The van der Waals surface area contributed by atoms with Crippen LogP contribution in [-0.2, 0) is 0 Å². The Labute approximate surface area is 111 Å². The zero-order chi connectivity index (χ0) is 12.5. The second-order valence-corrected chi connectivity index (χ2v) is 6.54. The van der Waals surface area contributed by atoms with Crippen LogP contribution in [-0.4, -0.2) is 55.1 Å². The molecule has 0 aromatic rings. The number of hydrogen-bond acceptors (Lipinski definition) is 3. The lowest BCUT2D eigenvalue weighted by Crippen LogP contribution is -2.53. The van der Waals surface area contributed by atoms with E-state index < -0.39 is 0 Å². The van der Waals surface area contributed by atoms with Crippen LogP contribution in [0.1, 0.15) is 25.7 Å². The summed E-state index contributed by atoms with van der Waals surface area (Å²) in [6.07, 6.45) is 9.87. The largest absolute Gasteiger partial charge is 0.324 e. The zero-order valence-electron chi connectivity index (χ0n) is 11.6. The first-order chi connectivity index (χ1) is 8.72. The molecule has 3 heteroatoms. The summed E-state index contributed by atoms with van der Waals surface area (Å²) in [4.78, 5) is 5.28. The summed E-state index contributed by atoms with van der Waals surface area (Å²) in [5, 5.41) is 0. The smallest absolute Gasteiger partial charge is 0.0229 e. The van der Waals surface area contributed by atoms with Crippen molar-refractivity contribution in [3.63, 3.8) is 0 Å². The molecule has 2 fully saturated rings. The van der Waals surface area contributed by atoms with Gasteiger partial charge in [0.2, 0.25) is 0 Å². The molecule has 2 heterocycles. The van der Waals surface area contributed by atoms with Crippen LogP contribution in [0.3, 0.4) is 0 Å². The van der Waals surface area contributed by atoms with E-state index in [4.69, 9.17) is 5.73 Å². The van der Waals surface area contributed by atoms with Crippen molar-refractivity contribution < 1.29 is 0 Å². The van der Waals surface area contributed by atoms with Crippen LogP contribution in [0.4, 0.5) is 0 Å². The van der Waals surface area contributed by atoms with E-state index in [9.17, 15) is 0 Å². The van der Waals surface area contributed by atoms with E-state index in [1.54, 1.807) is 0 Å². The molecule has 0 aromatic heterocycles. The lowest BCUT2D eigenvalue weighted by atomic mass is 9.84. The van der Waals surface area contributed by atoms with E-state index in [1.165, 1.54) is 45.4 Å². The molecule has 4 unspecified atom stereocenters. The van der Waals surface area contributed by atoms with Crippen LogP contribution < -0.4 is 5.73 Å². The molecule has 4 atom stereocenters. The Morgan fingerprint density at radius 2 is 2.11 bits per heavy atom. The van der Waals surface area contributed by atoms with Crippen LogP contribution in [0.15, 0.2) is 12.2 Å². The first-order valence-electron chi connectivity index (χ1n) is 7.59. The summed E-state index contributed by atoms with van der Waals surface area (Å²) < 4.78 is 0. The third-order valence-corrected chi connectivity index (χ3v) is 5.13. The Morgan fingerprint density at radius 3 is 2.89 bits per heavy atom. The third-order valence-electron chi connectivity index (χ3n) is 5.13. The first kappa shape index (κ1) is 12.6. The summed E-state index contributed by atoms with van der Waals surface area (Å²) >= 11 is 0. The quantitative estimate of drug-likeness (QED) is 0.749. The van der Waals surface area contributed by atoms with Crippen molar-refractivity contribution in [2.75, 3.05) is 33.2 Å². The van der Waals surface area contributed by atoms with Gasteiger partial charge >= 0.3 is 0 Å². The maximum absolute atomic E-state index is 5.94. The summed E-state index contributed by atoms with van der Waals surface area (Å²) in [7, 11) is 2.31. The Hall–Kier alpha value is -0.380. The van der Waals surface area contributed by atoms with Gasteiger partial charge in [-0.15, -0.1) is 0 Å². The standard InChI is InChI=1S/C15H27N3/c1-17-7-2-3-13-11-18(8-6-15(13)17)10-12-4-5-14(16)9-12/h4-5,12-15H,2-3,6-11,16H2,1H3. The van der Waals surface area contributed by atoms with Crippen molar-refractivity contribution in [1.82, 2.24) is 9.80 Å². The van der Waals surface area contributed by atoms with Crippen LogP contribution in [0.2, 0.25) is 0 Å².